The van der Waals surface area contributed by atoms with Gasteiger partial charge in [0.15, 0.2) is 0 Å². The summed E-state index contributed by atoms with van der Waals surface area (Å²) in [6.45, 7) is 3.90. The number of nitrogens with one attached hydrogen (secondary N) is 2. The highest BCUT2D eigenvalue weighted by Gasteiger charge is 2.25. The summed E-state index contributed by atoms with van der Waals surface area (Å²) in [7, 11) is 0. The molecule has 8 heteroatoms. The molecular weight excluding hydrogens is 338 g/mol. The van der Waals surface area contributed by atoms with E-state index in [-0.39, 0.29) is 25.3 Å². The Morgan fingerprint density at radius 2 is 1.92 bits per heavy atom. The first-order valence-electron chi connectivity index (χ1n) is 8.52. The summed E-state index contributed by atoms with van der Waals surface area (Å²) in [5, 5.41) is 13.4. The first-order chi connectivity index (χ1) is 12.3. The van der Waals surface area contributed by atoms with Crippen molar-refractivity contribution in [1.29, 1.82) is 0 Å². The fraction of sp³-hybridized carbons (Fsp3) is 0.444. The summed E-state index contributed by atoms with van der Waals surface area (Å²) in [6.07, 6.45) is 0.338. The van der Waals surface area contributed by atoms with E-state index in [0.29, 0.717) is 17.3 Å². The van der Waals surface area contributed by atoms with Crippen LogP contribution in [0.4, 0.5) is 0 Å². The van der Waals surface area contributed by atoms with Gasteiger partial charge in [-0.05, 0) is 37.3 Å². The SMILES string of the molecule is CC(C)C[C@@H](C(=O)NCCCC(=O)[O-])n1c(=O)[nH]c2ccccc2c1=O. The number of hydrogen-bond acceptors (Lipinski definition) is 5. The van der Waals surface area contributed by atoms with Crippen LogP contribution in [0.2, 0.25) is 0 Å². The minimum atomic E-state index is -1.19. The third-order valence-corrected chi connectivity index (χ3v) is 4.00. The van der Waals surface area contributed by atoms with E-state index in [2.05, 4.69) is 10.3 Å². The smallest absolute Gasteiger partial charge is 0.329 e. The number of aromatic amines is 1. The lowest BCUT2D eigenvalue weighted by atomic mass is 10.0. The van der Waals surface area contributed by atoms with Gasteiger partial charge in [-0.25, -0.2) is 9.36 Å². The van der Waals surface area contributed by atoms with Crippen LogP contribution in [0.1, 0.15) is 39.2 Å². The number of aliphatic carboxylic acids is 1. The summed E-state index contributed by atoms with van der Waals surface area (Å²) in [4.78, 5) is 50.9. The maximum Gasteiger partial charge on any atom is 0.329 e. The van der Waals surface area contributed by atoms with Gasteiger partial charge in [0.2, 0.25) is 5.91 Å². The number of benzene rings is 1. The maximum atomic E-state index is 12.8. The number of carboxylic acid groups (broad SMARTS) is 1. The maximum absolute atomic E-state index is 12.8. The number of amides is 1. The molecule has 2 aromatic rings. The number of fused-ring (bicyclic) bond motifs is 1. The number of hydrogen-bond donors (Lipinski definition) is 2. The highest BCUT2D eigenvalue weighted by atomic mass is 16.4. The largest absolute Gasteiger partial charge is 0.550 e. The molecule has 0 aliphatic heterocycles. The Kier molecular flexibility index (Phi) is 6.32. The van der Waals surface area contributed by atoms with Crippen LogP contribution < -0.4 is 21.7 Å². The van der Waals surface area contributed by atoms with Crippen molar-refractivity contribution in [3.63, 3.8) is 0 Å². The number of carboxylic acids is 1. The first kappa shape index (κ1) is 19.4. The lowest BCUT2D eigenvalue weighted by molar-refractivity contribution is -0.305. The Labute approximate surface area is 149 Å². The van der Waals surface area contributed by atoms with Crippen LogP contribution in [-0.4, -0.2) is 28.0 Å². The van der Waals surface area contributed by atoms with Crippen LogP contribution in [0.5, 0.6) is 0 Å². The number of carbonyl (C=O) groups excluding carboxylic acids is 2. The van der Waals surface area contributed by atoms with Gasteiger partial charge in [0.05, 0.1) is 10.9 Å². The van der Waals surface area contributed by atoms with Gasteiger partial charge < -0.3 is 20.2 Å². The van der Waals surface area contributed by atoms with E-state index in [4.69, 9.17) is 0 Å². The lowest BCUT2D eigenvalue weighted by Gasteiger charge is -2.20. The molecule has 1 heterocycles. The summed E-state index contributed by atoms with van der Waals surface area (Å²) in [6, 6.07) is 5.63. The highest BCUT2D eigenvalue weighted by Crippen LogP contribution is 2.16. The fourth-order valence-corrected chi connectivity index (χ4v) is 2.80. The van der Waals surface area contributed by atoms with Gasteiger partial charge in [-0.1, -0.05) is 26.0 Å². The van der Waals surface area contributed by atoms with Gasteiger partial charge in [-0.3, -0.25) is 9.59 Å². The molecule has 0 bridgehead atoms. The molecule has 0 unspecified atom stereocenters. The van der Waals surface area contributed by atoms with E-state index in [1.807, 2.05) is 13.8 Å². The second kappa shape index (κ2) is 8.46. The number of H-pyrrole nitrogens is 1. The first-order valence-corrected chi connectivity index (χ1v) is 8.52. The molecule has 0 fully saturated rings. The molecule has 26 heavy (non-hydrogen) atoms. The topological polar surface area (TPSA) is 124 Å². The normalized spacial score (nSPS) is 12.3. The van der Waals surface area contributed by atoms with Gasteiger partial charge in [-0.15, -0.1) is 0 Å². The van der Waals surface area contributed by atoms with Crippen LogP contribution in [0.25, 0.3) is 10.9 Å². The Morgan fingerprint density at radius 3 is 2.58 bits per heavy atom. The number of para-hydroxylation sites is 1. The molecule has 2 rings (SSSR count). The molecule has 0 aliphatic carbocycles. The summed E-state index contributed by atoms with van der Waals surface area (Å²) in [5.41, 5.74) is -0.763. The molecule has 0 saturated carbocycles. The van der Waals surface area contributed by atoms with Crippen molar-refractivity contribution in [3.8, 4) is 0 Å². The van der Waals surface area contributed by atoms with Crippen LogP contribution in [0, 0.1) is 5.92 Å². The van der Waals surface area contributed by atoms with Crippen LogP contribution in [-0.2, 0) is 9.59 Å². The van der Waals surface area contributed by atoms with Gasteiger partial charge in [-0.2, -0.15) is 0 Å². The van der Waals surface area contributed by atoms with Crippen molar-refractivity contribution in [2.45, 2.75) is 39.2 Å². The van der Waals surface area contributed by atoms with E-state index in [9.17, 15) is 24.3 Å². The molecule has 140 valence electrons. The molecule has 1 aromatic carbocycles. The van der Waals surface area contributed by atoms with E-state index in [0.717, 1.165) is 4.57 Å². The zero-order valence-electron chi connectivity index (χ0n) is 14.8. The Morgan fingerprint density at radius 1 is 1.23 bits per heavy atom. The van der Waals surface area contributed by atoms with Crippen LogP contribution >= 0.6 is 0 Å². The third kappa shape index (κ3) is 4.59. The predicted octanol–water partition coefficient (Wildman–Crippen LogP) is -0.0767. The monoisotopic (exact) mass is 360 g/mol. The molecule has 1 amide bonds. The molecule has 0 aliphatic rings. The van der Waals surface area contributed by atoms with E-state index in [1.165, 1.54) is 0 Å². The van der Waals surface area contributed by atoms with E-state index >= 15 is 0 Å². The molecule has 0 spiro atoms. The summed E-state index contributed by atoms with van der Waals surface area (Å²) < 4.78 is 0.941. The van der Waals surface area contributed by atoms with Crippen molar-refractivity contribution < 1.29 is 14.7 Å². The standard InChI is InChI=1S/C18H23N3O5/c1-11(2)10-14(16(24)19-9-5-8-15(22)23)21-17(25)12-6-3-4-7-13(12)20-18(21)26/h3-4,6-7,11,14H,5,8-10H2,1-2H3,(H,19,24)(H,20,26)(H,22,23)/p-1/t14-/m0/s1. The van der Waals surface area contributed by atoms with Crippen molar-refractivity contribution in [1.82, 2.24) is 14.9 Å². The van der Waals surface area contributed by atoms with E-state index < -0.39 is 29.2 Å². The van der Waals surface area contributed by atoms with Gasteiger partial charge in [0, 0.05) is 12.5 Å². The Balaban J connectivity index is 2.36. The molecule has 2 N–H and O–H groups in total. The number of nitrogens with zero attached hydrogens (tertiary/aromatic N) is 1. The van der Waals surface area contributed by atoms with E-state index in [1.54, 1.807) is 24.3 Å². The molecule has 1 atom stereocenters. The van der Waals surface area contributed by atoms with Gasteiger partial charge >= 0.3 is 5.69 Å². The number of rotatable bonds is 8. The number of aromatic nitrogens is 2. The van der Waals surface area contributed by atoms with Crippen LogP contribution in [0.3, 0.4) is 0 Å². The quantitative estimate of drug-likeness (QED) is 0.637. The Bertz CT molecular complexity index is 913. The average molecular weight is 360 g/mol. The summed E-state index contributed by atoms with van der Waals surface area (Å²) >= 11 is 0. The van der Waals surface area contributed by atoms with Gasteiger partial charge in [0.25, 0.3) is 5.56 Å². The third-order valence-electron chi connectivity index (χ3n) is 4.00. The lowest BCUT2D eigenvalue weighted by Crippen LogP contribution is -2.45. The van der Waals surface area contributed by atoms with Crippen molar-refractivity contribution in [2.24, 2.45) is 5.92 Å². The predicted molar refractivity (Wildman–Crippen MR) is 94.6 cm³/mol. The zero-order chi connectivity index (χ0) is 19.3. The Hall–Kier alpha value is -2.90. The van der Waals surface area contributed by atoms with Crippen molar-refractivity contribution in [3.05, 3.63) is 45.1 Å². The molecular formula is C18H22N3O5-. The molecule has 0 saturated heterocycles. The minimum absolute atomic E-state index is 0.0618. The second-order valence-corrected chi connectivity index (χ2v) is 6.56. The van der Waals surface area contributed by atoms with Crippen molar-refractivity contribution >= 4 is 22.8 Å². The second-order valence-electron chi connectivity index (χ2n) is 6.56. The highest BCUT2D eigenvalue weighted by molar-refractivity contribution is 5.81. The molecule has 8 nitrogen and oxygen atoms in total. The summed E-state index contributed by atoms with van der Waals surface area (Å²) in [5.74, 6) is -1.62. The average Bonchev–Trinajstić information content (AvgIpc) is 2.57. The van der Waals surface area contributed by atoms with Gasteiger partial charge in [0.1, 0.15) is 6.04 Å². The minimum Gasteiger partial charge on any atom is -0.550 e. The number of carbonyl (C=O) groups is 2. The zero-order valence-corrected chi connectivity index (χ0v) is 14.8. The van der Waals surface area contributed by atoms with Crippen molar-refractivity contribution in [2.75, 3.05) is 6.54 Å². The molecule has 1 aromatic heterocycles. The molecule has 0 radical (unpaired) electrons. The fourth-order valence-electron chi connectivity index (χ4n) is 2.80. The van der Waals surface area contributed by atoms with Crippen LogP contribution in [0.15, 0.2) is 33.9 Å².